The second-order valence-electron chi connectivity index (χ2n) is 4.43. The molecule has 1 saturated carbocycles. The second-order valence-corrected chi connectivity index (χ2v) is 4.43. The van der Waals surface area contributed by atoms with Crippen molar-refractivity contribution >= 4 is 0 Å². The van der Waals surface area contributed by atoms with Crippen LogP contribution in [0.2, 0.25) is 0 Å². The zero-order valence-corrected chi connectivity index (χ0v) is 9.43. The first-order valence-corrected chi connectivity index (χ1v) is 5.78. The SMILES string of the molecule is Cc1nc(C2CC2)nn1Cc1ccccc1. The number of rotatable bonds is 3. The number of aryl methyl sites for hydroxylation is 1. The Morgan fingerprint density at radius 2 is 2.00 bits per heavy atom. The van der Waals surface area contributed by atoms with Gasteiger partial charge in [0.1, 0.15) is 5.82 Å². The monoisotopic (exact) mass is 213 g/mol. The Kier molecular flexibility index (Phi) is 2.24. The van der Waals surface area contributed by atoms with Crippen LogP contribution < -0.4 is 0 Å². The highest BCUT2D eigenvalue weighted by molar-refractivity contribution is 5.15. The van der Waals surface area contributed by atoms with E-state index in [-0.39, 0.29) is 0 Å². The van der Waals surface area contributed by atoms with Crippen LogP contribution in [-0.4, -0.2) is 14.8 Å². The van der Waals surface area contributed by atoms with E-state index in [4.69, 9.17) is 0 Å². The molecule has 0 atom stereocenters. The third kappa shape index (κ3) is 1.85. The van der Waals surface area contributed by atoms with Crippen molar-refractivity contribution < 1.29 is 0 Å². The number of aromatic nitrogens is 3. The van der Waals surface area contributed by atoms with Gasteiger partial charge in [0.25, 0.3) is 0 Å². The summed E-state index contributed by atoms with van der Waals surface area (Å²) in [6.45, 7) is 2.86. The maximum absolute atomic E-state index is 4.57. The van der Waals surface area contributed by atoms with E-state index in [9.17, 15) is 0 Å². The van der Waals surface area contributed by atoms with Crippen molar-refractivity contribution in [3.8, 4) is 0 Å². The lowest BCUT2D eigenvalue weighted by Gasteiger charge is -2.02. The summed E-state index contributed by atoms with van der Waals surface area (Å²) in [5.74, 6) is 2.69. The van der Waals surface area contributed by atoms with E-state index in [1.807, 2.05) is 17.7 Å². The number of nitrogens with zero attached hydrogens (tertiary/aromatic N) is 3. The molecule has 0 amide bonds. The molecule has 1 aromatic carbocycles. The molecule has 0 saturated heterocycles. The van der Waals surface area contributed by atoms with Crippen LogP contribution in [0.15, 0.2) is 30.3 Å². The fourth-order valence-electron chi connectivity index (χ4n) is 1.86. The molecule has 82 valence electrons. The van der Waals surface area contributed by atoms with Gasteiger partial charge in [-0.05, 0) is 25.3 Å². The predicted molar refractivity (Wildman–Crippen MR) is 62.3 cm³/mol. The molecule has 1 aromatic heterocycles. The van der Waals surface area contributed by atoms with Gasteiger partial charge in [-0.3, -0.25) is 0 Å². The van der Waals surface area contributed by atoms with Crippen LogP contribution in [0.5, 0.6) is 0 Å². The molecular weight excluding hydrogens is 198 g/mol. The minimum absolute atomic E-state index is 0.635. The number of benzene rings is 1. The van der Waals surface area contributed by atoms with Crippen LogP contribution >= 0.6 is 0 Å². The Bertz CT molecular complexity index is 483. The number of hydrogen-bond acceptors (Lipinski definition) is 2. The minimum Gasteiger partial charge on any atom is -0.246 e. The van der Waals surface area contributed by atoms with Crippen LogP contribution in [-0.2, 0) is 6.54 Å². The first-order valence-electron chi connectivity index (χ1n) is 5.78. The lowest BCUT2D eigenvalue weighted by Crippen LogP contribution is -2.04. The molecule has 3 rings (SSSR count). The Morgan fingerprint density at radius 3 is 2.69 bits per heavy atom. The predicted octanol–water partition coefficient (Wildman–Crippen LogP) is 2.51. The Hall–Kier alpha value is -1.64. The fourth-order valence-corrected chi connectivity index (χ4v) is 1.86. The van der Waals surface area contributed by atoms with Gasteiger partial charge in [-0.2, -0.15) is 5.10 Å². The standard InChI is InChI=1S/C13H15N3/c1-10-14-13(12-7-8-12)15-16(10)9-11-5-3-2-4-6-11/h2-6,12H,7-9H2,1H3. The summed E-state index contributed by atoms with van der Waals surface area (Å²) in [4.78, 5) is 4.52. The lowest BCUT2D eigenvalue weighted by atomic mass is 10.2. The quantitative estimate of drug-likeness (QED) is 0.784. The molecule has 2 aromatic rings. The molecule has 1 aliphatic rings. The van der Waals surface area contributed by atoms with Gasteiger partial charge < -0.3 is 0 Å². The van der Waals surface area contributed by atoms with E-state index in [1.165, 1.54) is 18.4 Å². The molecule has 0 radical (unpaired) electrons. The molecule has 1 fully saturated rings. The van der Waals surface area contributed by atoms with Crippen LogP contribution in [0.1, 0.15) is 36.0 Å². The Balaban J connectivity index is 1.84. The van der Waals surface area contributed by atoms with Crippen LogP contribution in [0.4, 0.5) is 0 Å². The van der Waals surface area contributed by atoms with Crippen LogP contribution in [0, 0.1) is 6.92 Å². The van der Waals surface area contributed by atoms with Gasteiger partial charge in [0, 0.05) is 5.92 Å². The maximum Gasteiger partial charge on any atom is 0.154 e. The maximum atomic E-state index is 4.57. The molecule has 0 spiro atoms. The van der Waals surface area contributed by atoms with Gasteiger partial charge >= 0.3 is 0 Å². The van der Waals surface area contributed by atoms with Crippen molar-refractivity contribution in [1.29, 1.82) is 0 Å². The van der Waals surface area contributed by atoms with Crippen LogP contribution in [0.25, 0.3) is 0 Å². The van der Waals surface area contributed by atoms with Gasteiger partial charge in [-0.25, -0.2) is 9.67 Å². The summed E-state index contributed by atoms with van der Waals surface area (Å²) in [5.41, 5.74) is 1.28. The summed E-state index contributed by atoms with van der Waals surface area (Å²) in [6, 6.07) is 10.4. The summed E-state index contributed by atoms with van der Waals surface area (Å²) >= 11 is 0. The van der Waals surface area contributed by atoms with Gasteiger partial charge in [-0.1, -0.05) is 30.3 Å². The molecular formula is C13H15N3. The molecule has 0 aliphatic heterocycles. The Labute approximate surface area is 95.1 Å². The molecule has 1 heterocycles. The normalized spacial score (nSPS) is 15.3. The highest BCUT2D eigenvalue weighted by Gasteiger charge is 2.28. The van der Waals surface area contributed by atoms with E-state index in [2.05, 4.69) is 34.3 Å². The highest BCUT2D eigenvalue weighted by Crippen LogP contribution is 2.38. The summed E-state index contributed by atoms with van der Waals surface area (Å²) < 4.78 is 2.00. The third-order valence-electron chi connectivity index (χ3n) is 2.99. The van der Waals surface area contributed by atoms with E-state index >= 15 is 0 Å². The topological polar surface area (TPSA) is 30.7 Å². The van der Waals surface area contributed by atoms with Gasteiger partial charge in [-0.15, -0.1) is 0 Å². The van der Waals surface area contributed by atoms with Crippen molar-refractivity contribution in [1.82, 2.24) is 14.8 Å². The molecule has 0 unspecified atom stereocenters. The molecule has 0 N–H and O–H groups in total. The van der Waals surface area contributed by atoms with E-state index in [0.29, 0.717) is 5.92 Å². The lowest BCUT2D eigenvalue weighted by molar-refractivity contribution is 0.651. The average molecular weight is 213 g/mol. The Morgan fingerprint density at radius 1 is 1.25 bits per heavy atom. The molecule has 0 bridgehead atoms. The van der Waals surface area contributed by atoms with E-state index in [0.717, 1.165) is 18.2 Å². The fraction of sp³-hybridized carbons (Fsp3) is 0.385. The van der Waals surface area contributed by atoms with Crippen molar-refractivity contribution in [3.63, 3.8) is 0 Å². The zero-order valence-electron chi connectivity index (χ0n) is 9.43. The first kappa shape index (κ1) is 9.58. The average Bonchev–Trinajstić information content (AvgIpc) is 3.07. The van der Waals surface area contributed by atoms with Gasteiger partial charge in [0.05, 0.1) is 6.54 Å². The summed E-state index contributed by atoms with van der Waals surface area (Å²) in [6.07, 6.45) is 2.52. The molecule has 3 nitrogen and oxygen atoms in total. The van der Waals surface area contributed by atoms with Crippen molar-refractivity contribution in [2.45, 2.75) is 32.2 Å². The highest BCUT2D eigenvalue weighted by atomic mass is 15.3. The van der Waals surface area contributed by atoms with Crippen molar-refractivity contribution in [2.24, 2.45) is 0 Å². The van der Waals surface area contributed by atoms with Gasteiger partial charge in [0.2, 0.25) is 0 Å². The van der Waals surface area contributed by atoms with Gasteiger partial charge in [0.15, 0.2) is 5.82 Å². The van der Waals surface area contributed by atoms with E-state index in [1.54, 1.807) is 0 Å². The zero-order chi connectivity index (χ0) is 11.0. The number of hydrogen-bond donors (Lipinski definition) is 0. The second kappa shape index (κ2) is 3.74. The molecule has 3 heteroatoms. The van der Waals surface area contributed by atoms with E-state index < -0.39 is 0 Å². The van der Waals surface area contributed by atoms with Crippen molar-refractivity contribution in [2.75, 3.05) is 0 Å². The largest absolute Gasteiger partial charge is 0.246 e. The third-order valence-corrected chi connectivity index (χ3v) is 2.99. The smallest absolute Gasteiger partial charge is 0.154 e. The minimum atomic E-state index is 0.635. The molecule has 16 heavy (non-hydrogen) atoms. The molecule has 1 aliphatic carbocycles. The van der Waals surface area contributed by atoms with Crippen molar-refractivity contribution in [3.05, 3.63) is 47.5 Å². The van der Waals surface area contributed by atoms with Crippen LogP contribution in [0.3, 0.4) is 0 Å². The summed E-state index contributed by atoms with van der Waals surface area (Å²) in [7, 11) is 0. The first-order chi connectivity index (χ1) is 7.83. The summed E-state index contributed by atoms with van der Waals surface area (Å²) in [5, 5.41) is 4.57.